The lowest BCUT2D eigenvalue weighted by Gasteiger charge is -2.34. The minimum atomic E-state index is -0.583. The van der Waals surface area contributed by atoms with Crippen LogP contribution < -0.4 is 15.4 Å². The minimum absolute atomic E-state index is 0.0481. The molecule has 1 aliphatic heterocycles. The van der Waals surface area contributed by atoms with Crippen molar-refractivity contribution < 1.29 is 18.7 Å². The van der Waals surface area contributed by atoms with E-state index in [2.05, 4.69) is 72.5 Å². The fourth-order valence-electron chi connectivity index (χ4n) is 7.50. The van der Waals surface area contributed by atoms with Crippen molar-refractivity contribution >= 4 is 39.2 Å². The number of fused-ring (bicyclic) bond motifs is 1. The summed E-state index contributed by atoms with van der Waals surface area (Å²) >= 11 is 1.48. The second kappa shape index (κ2) is 18.0. The third-order valence-electron chi connectivity index (χ3n) is 11.0. The van der Waals surface area contributed by atoms with Crippen molar-refractivity contribution in [2.75, 3.05) is 31.5 Å². The van der Waals surface area contributed by atoms with E-state index < -0.39 is 5.82 Å². The first-order chi connectivity index (χ1) is 27.9. The first-order valence-corrected chi connectivity index (χ1v) is 21.0. The van der Waals surface area contributed by atoms with Gasteiger partial charge in [-0.15, -0.1) is 11.3 Å². The second-order valence-corrected chi connectivity index (χ2v) is 17.4. The number of hydrogen-bond donors (Lipinski definition) is 2. The van der Waals surface area contributed by atoms with E-state index in [9.17, 15) is 9.59 Å². The maximum Gasteiger partial charge on any atom is 0.319 e. The molecule has 2 fully saturated rings. The number of piperazine rings is 1. The fourth-order valence-corrected chi connectivity index (χ4v) is 8.54. The van der Waals surface area contributed by atoms with Gasteiger partial charge in [-0.2, -0.15) is 0 Å². The molecule has 0 bridgehead atoms. The lowest BCUT2D eigenvalue weighted by atomic mass is 9.72. The van der Waals surface area contributed by atoms with Crippen molar-refractivity contribution in [1.82, 2.24) is 25.1 Å². The molecule has 58 heavy (non-hydrogen) atoms. The lowest BCUT2D eigenvalue weighted by molar-refractivity contribution is -0.127. The van der Waals surface area contributed by atoms with E-state index in [1.807, 2.05) is 42.3 Å². The average Bonchev–Trinajstić information content (AvgIpc) is 3.89. The van der Waals surface area contributed by atoms with Crippen LogP contribution in [0.3, 0.4) is 0 Å². The van der Waals surface area contributed by atoms with Gasteiger partial charge in [0, 0.05) is 75.1 Å². The number of anilines is 1. The van der Waals surface area contributed by atoms with Crippen LogP contribution in [-0.2, 0) is 11.3 Å². The Labute approximate surface area is 345 Å². The largest absolute Gasteiger partial charge is 0.453 e. The van der Waals surface area contributed by atoms with E-state index in [1.165, 1.54) is 59.5 Å². The summed E-state index contributed by atoms with van der Waals surface area (Å²) in [5.74, 6) is 0.00518. The van der Waals surface area contributed by atoms with E-state index in [1.54, 1.807) is 24.4 Å². The van der Waals surface area contributed by atoms with Crippen LogP contribution in [0.15, 0.2) is 114 Å². The topological polar surface area (TPSA) is 99.7 Å². The number of benzene rings is 1. The summed E-state index contributed by atoms with van der Waals surface area (Å²) in [7, 11) is 0. The SMILES string of the molecule is CC(C=CC1=C(C)CCCC1(C)C)=CC=CC(C)=CC(=O)N1CCN(Cc2ccc(-c3cc4nccc(Oc5ccc(NC(=O)NC6CC6)cc5F)c4s3)nc2)CC1. The van der Waals surface area contributed by atoms with Crippen LogP contribution in [0.4, 0.5) is 14.9 Å². The summed E-state index contributed by atoms with van der Waals surface area (Å²) in [6.07, 6.45) is 21.5. The summed E-state index contributed by atoms with van der Waals surface area (Å²) in [6, 6.07) is 12.0. The van der Waals surface area contributed by atoms with Crippen LogP contribution in [0.1, 0.15) is 72.3 Å². The van der Waals surface area contributed by atoms with Gasteiger partial charge in [0.1, 0.15) is 5.75 Å². The molecule has 1 aromatic carbocycles. The van der Waals surface area contributed by atoms with E-state index in [-0.39, 0.29) is 29.1 Å². The number of ether oxygens (including phenoxy) is 1. The quantitative estimate of drug-likeness (QED) is 0.109. The number of nitrogens with zero attached hydrogens (tertiary/aromatic N) is 4. The number of hydrogen-bond acceptors (Lipinski definition) is 7. The Morgan fingerprint density at radius 2 is 1.81 bits per heavy atom. The van der Waals surface area contributed by atoms with Crippen LogP contribution >= 0.6 is 11.3 Å². The zero-order chi connectivity index (χ0) is 40.8. The van der Waals surface area contributed by atoms with Crippen LogP contribution in [0, 0.1) is 11.2 Å². The molecule has 4 aromatic rings. The highest BCUT2D eigenvalue weighted by atomic mass is 32.1. The summed E-state index contributed by atoms with van der Waals surface area (Å²) in [6.45, 7) is 14.7. The molecule has 0 atom stereocenters. The predicted molar refractivity (Wildman–Crippen MR) is 232 cm³/mol. The second-order valence-electron chi connectivity index (χ2n) is 16.3. The molecular weight excluding hydrogens is 748 g/mol. The predicted octanol–water partition coefficient (Wildman–Crippen LogP) is 10.7. The summed E-state index contributed by atoms with van der Waals surface area (Å²) < 4.78 is 21.8. The van der Waals surface area contributed by atoms with E-state index in [0.717, 1.165) is 64.4 Å². The highest BCUT2D eigenvalue weighted by Gasteiger charge is 2.27. The molecule has 2 N–H and O–H groups in total. The van der Waals surface area contributed by atoms with Crippen molar-refractivity contribution in [2.24, 2.45) is 5.41 Å². The van der Waals surface area contributed by atoms with Gasteiger partial charge >= 0.3 is 6.03 Å². The van der Waals surface area contributed by atoms with Gasteiger partial charge in [-0.05, 0) is 99.3 Å². The molecule has 9 nitrogen and oxygen atoms in total. The Kier molecular flexibility index (Phi) is 12.7. The number of amides is 3. The van der Waals surface area contributed by atoms with Gasteiger partial charge in [-0.25, -0.2) is 9.18 Å². The van der Waals surface area contributed by atoms with E-state index in [4.69, 9.17) is 9.72 Å². The molecule has 0 unspecified atom stereocenters. The van der Waals surface area contributed by atoms with Crippen molar-refractivity contribution in [3.8, 4) is 22.1 Å². The van der Waals surface area contributed by atoms with E-state index in [0.29, 0.717) is 24.5 Å². The van der Waals surface area contributed by atoms with Gasteiger partial charge in [0.05, 0.1) is 20.8 Å². The van der Waals surface area contributed by atoms with Crippen molar-refractivity contribution in [3.05, 3.63) is 125 Å². The van der Waals surface area contributed by atoms with Crippen LogP contribution in [0.25, 0.3) is 20.8 Å². The molecule has 0 radical (unpaired) electrons. The smallest absolute Gasteiger partial charge is 0.319 e. The van der Waals surface area contributed by atoms with Crippen LogP contribution in [0.2, 0.25) is 0 Å². The normalized spacial score (nSPS) is 18.1. The number of carbonyl (C=O) groups excluding carboxylic acids is 2. The minimum Gasteiger partial charge on any atom is -0.453 e. The molecule has 4 heterocycles. The molecule has 2 aliphatic carbocycles. The standard InChI is InChI=1S/C47H53FN6O3S/c1-31(11-16-37-33(3)10-7-20-47(37,4)5)8-6-9-32(2)26-44(55)54-24-22-53(23-25-54)30-34-12-17-39(50-29-34)43-28-40-45(58-43)42(19-21-49-40)57-41-18-15-36(27-38(41)48)52-46(56)51-35-13-14-35/h6,8-9,11-12,15-19,21,26-29,35H,7,10,13-14,20,22-25,30H2,1-5H3,(H2,51,52,56). The number of nitrogens with one attached hydrogen (secondary N) is 2. The Bertz CT molecular complexity index is 2310. The Balaban J connectivity index is 0.891. The average molecular weight is 801 g/mol. The zero-order valence-corrected chi connectivity index (χ0v) is 34.9. The van der Waals surface area contributed by atoms with Gasteiger partial charge in [-0.1, -0.05) is 61.4 Å². The number of pyridine rings is 2. The first kappa shape index (κ1) is 40.8. The third kappa shape index (κ3) is 10.6. The number of urea groups is 1. The number of allylic oxidation sites excluding steroid dienone is 9. The van der Waals surface area contributed by atoms with Gasteiger partial charge in [0.25, 0.3) is 0 Å². The zero-order valence-electron chi connectivity index (χ0n) is 34.1. The Morgan fingerprint density at radius 3 is 2.53 bits per heavy atom. The molecule has 0 spiro atoms. The van der Waals surface area contributed by atoms with Gasteiger partial charge in [0.15, 0.2) is 11.6 Å². The molecule has 1 saturated carbocycles. The van der Waals surface area contributed by atoms with Crippen molar-refractivity contribution in [1.29, 1.82) is 0 Å². The summed E-state index contributed by atoms with van der Waals surface area (Å²) in [4.78, 5) is 39.6. The van der Waals surface area contributed by atoms with Gasteiger partial charge in [-0.3, -0.25) is 19.7 Å². The third-order valence-corrected chi connectivity index (χ3v) is 12.2. The van der Waals surface area contributed by atoms with Crippen LogP contribution in [0.5, 0.6) is 11.5 Å². The van der Waals surface area contributed by atoms with Gasteiger partial charge < -0.3 is 20.3 Å². The van der Waals surface area contributed by atoms with Gasteiger partial charge in [0.2, 0.25) is 5.91 Å². The van der Waals surface area contributed by atoms with Crippen molar-refractivity contribution in [2.45, 2.75) is 79.3 Å². The van der Waals surface area contributed by atoms with Crippen molar-refractivity contribution in [3.63, 3.8) is 0 Å². The molecule has 7 rings (SSSR count). The number of halogens is 1. The lowest BCUT2D eigenvalue weighted by Crippen LogP contribution is -2.47. The maximum absolute atomic E-state index is 15.0. The molecule has 302 valence electrons. The fraction of sp³-hybridized carbons (Fsp3) is 0.362. The summed E-state index contributed by atoms with van der Waals surface area (Å²) in [5.41, 5.74) is 8.29. The monoisotopic (exact) mass is 800 g/mol. The number of thiophene rings is 1. The van der Waals surface area contributed by atoms with E-state index >= 15 is 4.39 Å². The highest BCUT2D eigenvalue weighted by Crippen LogP contribution is 2.41. The molecule has 3 aliphatic rings. The Hall–Kier alpha value is -5.39. The number of carbonyl (C=O) groups is 2. The maximum atomic E-state index is 15.0. The first-order valence-electron chi connectivity index (χ1n) is 20.2. The molecule has 3 aromatic heterocycles. The molecule has 1 saturated heterocycles. The Morgan fingerprint density at radius 1 is 1.00 bits per heavy atom. The molecule has 3 amide bonds. The van der Waals surface area contributed by atoms with Crippen LogP contribution in [-0.4, -0.2) is 63.9 Å². The molecule has 11 heteroatoms. The number of rotatable bonds is 12. The number of aromatic nitrogens is 2. The highest BCUT2D eigenvalue weighted by molar-refractivity contribution is 7.22. The summed E-state index contributed by atoms with van der Waals surface area (Å²) in [5, 5.41) is 5.49. The molecular formula is C47H53FN6O3S.